The highest BCUT2D eigenvalue weighted by molar-refractivity contribution is 7.89. The monoisotopic (exact) mass is 388 g/mol. The maximum atomic E-state index is 12.4. The molecular formula is C20H24N2O4S. The van der Waals surface area contributed by atoms with Crippen LogP contribution in [-0.4, -0.2) is 38.0 Å². The molecule has 0 atom stereocenters. The molecule has 0 saturated heterocycles. The van der Waals surface area contributed by atoms with Crippen LogP contribution >= 0.6 is 0 Å². The zero-order chi connectivity index (χ0) is 19.4. The van der Waals surface area contributed by atoms with Gasteiger partial charge < -0.3 is 10.1 Å². The number of anilines is 1. The van der Waals surface area contributed by atoms with E-state index in [1.165, 1.54) is 4.31 Å². The molecule has 1 heterocycles. The Morgan fingerprint density at radius 1 is 1.15 bits per heavy atom. The molecule has 0 aromatic heterocycles. The molecule has 1 amide bonds. The quantitative estimate of drug-likeness (QED) is 0.825. The van der Waals surface area contributed by atoms with E-state index in [0.29, 0.717) is 42.9 Å². The van der Waals surface area contributed by atoms with E-state index < -0.39 is 10.0 Å². The van der Waals surface area contributed by atoms with Gasteiger partial charge in [0.15, 0.2) is 0 Å². The maximum absolute atomic E-state index is 12.4. The molecule has 3 rings (SSSR count). The summed E-state index contributed by atoms with van der Waals surface area (Å²) >= 11 is 0. The van der Waals surface area contributed by atoms with Gasteiger partial charge in [-0.1, -0.05) is 13.0 Å². The molecule has 0 aliphatic carbocycles. The van der Waals surface area contributed by atoms with Crippen molar-refractivity contribution in [2.75, 3.05) is 24.7 Å². The first-order valence-electron chi connectivity index (χ1n) is 8.98. The zero-order valence-corrected chi connectivity index (χ0v) is 16.4. The number of carbonyl (C=O) groups is 1. The number of hydrogen-bond acceptors (Lipinski definition) is 4. The normalized spacial score (nSPS) is 14.4. The first-order chi connectivity index (χ1) is 12.9. The standard InChI is InChI=1S/C20H24N2O4S/c1-3-12-27(24,25)22-11-10-15-4-7-18(13-17(15)14-22)21-20(23)16-5-8-19(26-2)9-6-16/h4-9,13H,3,10-12,14H2,1-2H3,(H,21,23). The van der Waals surface area contributed by atoms with E-state index in [9.17, 15) is 13.2 Å². The predicted octanol–water partition coefficient (Wildman–Crippen LogP) is 3.05. The molecule has 7 heteroatoms. The number of nitrogens with one attached hydrogen (secondary N) is 1. The number of carbonyl (C=O) groups excluding carboxylic acids is 1. The molecule has 0 radical (unpaired) electrons. The van der Waals surface area contributed by atoms with Crippen LogP contribution in [0, 0.1) is 0 Å². The van der Waals surface area contributed by atoms with E-state index in [1.807, 2.05) is 25.1 Å². The van der Waals surface area contributed by atoms with Gasteiger partial charge in [-0.3, -0.25) is 4.79 Å². The third kappa shape index (κ3) is 4.48. The van der Waals surface area contributed by atoms with E-state index in [2.05, 4.69) is 5.32 Å². The minimum Gasteiger partial charge on any atom is -0.497 e. The fourth-order valence-electron chi connectivity index (χ4n) is 3.18. The van der Waals surface area contributed by atoms with Crippen LogP contribution in [0.5, 0.6) is 5.75 Å². The van der Waals surface area contributed by atoms with Gasteiger partial charge in [-0.25, -0.2) is 8.42 Å². The summed E-state index contributed by atoms with van der Waals surface area (Å²) in [5, 5.41) is 2.88. The van der Waals surface area contributed by atoms with Crippen LogP contribution < -0.4 is 10.1 Å². The van der Waals surface area contributed by atoms with Gasteiger partial charge in [-0.05, 0) is 60.4 Å². The van der Waals surface area contributed by atoms with Crippen molar-refractivity contribution in [2.45, 2.75) is 26.3 Å². The minimum absolute atomic E-state index is 0.163. The third-order valence-corrected chi connectivity index (χ3v) is 6.67. The van der Waals surface area contributed by atoms with E-state index in [-0.39, 0.29) is 11.7 Å². The highest BCUT2D eigenvalue weighted by Gasteiger charge is 2.26. The van der Waals surface area contributed by atoms with Crippen molar-refractivity contribution in [2.24, 2.45) is 0 Å². The van der Waals surface area contributed by atoms with Gasteiger partial charge in [0.25, 0.3) is 5.91 Å². The summed E-state index contributed by atoms with van der Waals surface area (Å²) in [5.74, 6) is 0.633. The highest BCUT2D eigenvalue weighted by atomic mass is 32.2. The first kappa shape index (κ1) is 19.4. The Hall–Kier alpha value is -2.38. The predicted molar refractivity (Wildman–Crippen MR) is 106 cm³/mol. The van der Waals surface area contributed by atoms with E-state index in [4.69, 9.17) is 4.74 Å². The molecule has 1 aliphatic heterocycles. The number of benzene rings is 2. The highest BCUT2D eigenvalue weighted by Crippen LogP contribution is 2.25. The van der Waals surface area contributed by atoms with Gasteiger partial charge >= 0.3 is 0 Å². The van der Waals surface area contributed by atoms with E-state index in [0.717, 1.165) is 11.1 Å². The number of hydrogen-bond donors (Lipinski definition) is 1. The summed E-state index contributed by atoms with van der Waals surface area (Å²) in [6.07, 6.45) is 1.29. The molecule has 0 saturated carbocycles. The number of methoxy groups -OCH3 is 1. The molecule has 6 nitrogen and oxygen atoms in total. The van der Waals surface area contributed by atoms with Crippen LogP contribution in [0.2, 0.25) is 0 Å². The van der Waals surface area contributed by atoms with Crippen LogP contribution in [0.25, 0.3) is 0 Å². The number of ether oxygens (including phenoxy) is 1. The molecule has 0 unspecified atom stereocenters. The van der Waals surface area contributed by atoms with Crippen LogP contribution in [0.3, 0.4) is 0 Å². The van der Waals surface area contributed by atoms with Crippen molar-refractivity contribution in [3.05, 3.63) is 59.2 Å². The van der Waals surface area contributed by atoms with Crippen LogP contribution in [0.1, 0.15) is 34.8 Å². The number of sulfonamides is 1. The van der Waals surface area contributed by atoms with Gasteiger partial charge in [0.05, 0.1) is 12.9 Å². The number of rotatable bonds is 6. The molecule has 1 aliphatic rings. The van der Waals surface area contributed by atoms with Crippen LogP contribution in [0.15, 0.2) is 42.5 Å². The zero-order valence-electron chi connectivity index (χ0n) is 15.6. The van der Waals surface area contributed by atoms with Crippen molar-refractivity contribution in [3.63, 3.8) is 0 Å². The Morgan fingerprint density at radius 2 is 1.89 bits per heavy atom. The molecule has 2 aromatic carbocycles. The summed E-state index contributed by atoms with van der Waals surface area (Å²) in [6.45, 7) is 2.72. The number of fused-ring (bicyclic) bond motifs is 1. The van der Waals surface area contributed by atoms with Gasteiger partial charge in [-0.15, -0.1) is 0 Å². The lowest BCUT2D eigenvalue weighted by molar-refractivity contribution is 0.102. The van der Waals surface area contributed by atoms with Crippen LogP contribution in [-0.2, 0) is 23.0 Å². The summed E-state index contributed by atoms with van der Waals surface area (Å²) in [6, 6.07) is 12.6. The molecule has 144 valence electrons. The van der Waals surface area contributed by atoms with Crippen molar-refractivity contribution in [1.82, 2.24) is 4.31 Å². The topological polar surface area (TPSA) is 75.7 Å². The lowest BCUT2D eigenvalue weighted by Crippen LogP contribution is -2.37. The third-order valence-electron chi connectivity index (χ3n) is 4.65. The fourth-order valence-corrected chi connectivity index (χ4v) is 4.66. The molecular weight excluding hydrogens is 364 g/mol. The summed E-state index contributed by atoms with van der Waals surface area (Å²) in [7, 11) is -1.65. The average Bonchev–Trinajstić information content (AvgIpc) is 2.67. The second-order valence-corrected chi connectivity index (χ2v) is 8.65. The molecule has 0 bridgehead atoms. The molecule has 27 heavy (non-hydrogen) atoms. The Morgan fingerprint density at radius 3 is 2.56 bits per heavy atom. The van der Waals surface area contributed by atoms with Crippen molar-refractivity contribution in [1.29, 1.82) is 0 Å². The van der Waals surface area contributed by atoms with E-state index in [1.54, 1.807) is 31.4 Å². The Bertz CT molecular complexity index is 923. The largest absolute Gasteiger partial charge is 0.497 e. The van der Waals surface area contributed by atoms with Gasteiger partial charge in [0.1, 0.15) is 5.75 Å². The van der Waals surface area contributed by atoms with Crippen molar-refractivity contribution >= 4 is 21.6 Å². The second-order valence-electron chi connectivity index (χ2n) is 6.57. The summed E-state index contributed by atoms with van der Waals surface area (Å²) in [5.41, 5.74) is 3.25. The summed E-state index contributed by atoms with van der Waals surface area (Å²) < 4.78 is 31.3. The molecule has 0 spiro atoms. The van der Waals surface area contributed by atoms with Crippen molar-refractivity contribution < 1.29 is 17.9 Å². The number of nitrogens with zero attached hydrogens (tertiary/aromatic N) is 1. The smallest absolute Gasteiger partial charge is 0.255 e. The van der Waals surface area contributed by atoms with Gasteiger partial charge in [0, 0.05) is 24.3 Å². The van der Waals surface area contributed by atoms with Gasteiger partial charge in [-0.2, -0.15) is 4.31 Å². The SMILES string of the molecule is CCCS(=O)(=O)N1CCc2ccc(NC(=O)c3ccc(OC)cc3)cc2C1. The van der Waals surface area contributed by atoms with Gasteiger partial charge in [0.2, 0.25) is 10.0 Å². The first-order valence-corrected chi connectivity index (χ1v) is 10.6. The van der Waals surface area contributed by atoms with Crippen LogP contribution in [0.4, 0.5) is 5.69 Å². The minimum atomic E-state index is -3.23. The Balaban J connectivity index is 1.74. The second kappa shape index (κ2) is 8.10. The van der Waals surface area contributed by atoms with Crippen molar-refractivity contribution in [3.8, 4) is 5.75 Å². The number of amides is 1. The molecule has 2 aromatic rings. The lowest BCUT2D eigenvalue weighted by Gasteiger charge is -2.28. The molecule has 0 fully saturated rings. The maximum Gasteiger partial charge on any atom is 0.255 e. The molecule has 1 N–H and O–H groups in total. The Kier molecular flexibility index (Phi) is 5.82. The Labute approximate surface area is 160 Å². The fraction of sp³-hybridized carbons (Fsp3) is 0.350. The average molecular weight is 388 g/mol. The summed E-state index contributed by atoms with van der Waals surface area (Å²) in [4.78, 5) is 12.4. The lowest BCUT2D eigenvalue weighted by atomic mass is 10.0. The van der Waals surface area contributed by atoms with E-state index >= 15 is 0 Å².